The topological polar surface area (TPSA) is 18.5 Å². The van der Waals surface area contributed by atoms with Crippen molar-refractivity contribution < 1.29 is 9.47 Å². The molecule has 2 nitrogen and oxygen atoms in total. The molecule has 0 aromatic heterocycles. The zero-order valence-corrected chi connectivity index (χ0v) is 8.66. The van der Waals surface area contributed by atoms with Gasteiger partial charge in [-0.1, -0.05) is 26.7 Å². The van der Waals surface area contributed by atoms with Gasteiger partial charge in [0.2, 0.25) is 0 Å². The number of unbranched alkanes of at least 4 members (excludes halogenated alkanes) is 1. The lowest BCUT2D eigenvalue weighted by Crippen LogP contribution is -2.20. The molecule has 0 saturated carbocycles. The number of rotatable bonds is 5. The molecule has 1 saturated heterocycles. The first kappa shape index (κ1) is 11.0. The number of hydrogen-bond donors (Lipinski definition) is 0. The van der Waals surface area contributed by atoms with Gasteiger partial charge in [0.1, 0.15) is 0 Å². The molecule has 0 aliphatic carbocycles. The molecule has 0 aromatic carbocycles. The van der Waals surface area contributed by atoms with Crippen molar-refractivity contribution in [2.24, 2.45) is 5.92 Å². The third-order valence-corrected chi connectivity index (χ3v) is 2.52. The van der Waals surface area contributed by atoms with Crippen molar-refractivity contribution in [2.75, 3.05) is 6.61 Å². The third kappa shape index (κ3) is 3.28. The highest BCUT2D eigenvalue weighted by Gasteiger charge is 2.28. The molecule has 0 N–H and O–H groups in total. The van der Waals surface area contributed by atoms with Gasteiger partial charge in [-0.15, -0.1) is 0 Å². The van der Waals surface area contributed by atoms with E-state index in [-0.39, 0.29) is 18.3 Å². The Morgan fingerprint density at radius 1 is 1.46 bits per heavy atom. The van der Waals surface area contributed by atoms with Gasteiger partial charge in [0.05, 0.1) is 12.7 Å². The Balaban J connectivity index is 2.19. The summed E-state index contributed by atoms with van der Waals surface area (Å²) in [5, 5.41) is 0. The molecule has 0 amide bonds. The van der Waals surface area contributed by atoms with E-state index in [0.29, 0.717) is 6.61 Å². The summed E-state index contributed by atoms with van der Waals surface area (Å²) in [6, 6.07) is 0. The standard InChI is InChI=1S/C11H20O2/c1-4-6-7-11-12-8-10(13-11)9(3)5-2/h3,9-11H,4-8H2,1-2H3. The van der Waals surface area contributed by atoms with Crippen LogP contribution in [-0.4, -0.2) is 19.0 Å². The van der Waals surface area contributed by atoms with Crippen LogP contribution in [0.3, 0.4) is 0 Å². The fourth-order valence-electron chi connectivity index (χ4n) is 1.49. The lowest BCUT2D eigenvalue weighted by Gasteiger charge is -2.15. The molecule has 0 bridgehead atoms. The van der Waals surface area contributed by atoms with Crippen LogP contribution in [0.5, 0.6) is 0 Å². The van der Waals surface area contributed by atoms with E-state index in [2.05, 4.69) is 13.8 Å². The van der Waals surface area contributed by atoms with Crippen LogP contribution in [-0.2, 0) is 9.47 Å². The SMILES string of the molecule is [CH]C(CC)C1COC(CCCC)O1. The van der Waals surface area contributed by atoms with E-state index in [0.717, 1.165) is 12.8 Å². The molecule has 0 aromatic rings. The van der Waals surface area contributed by atoms with E-state index >= 15 is 0 Å². The number of hydrogen-bond acceptors (Lipinski definition) is 2. The Bertz CT molecular complexity index is 136. The predicted molar refractivity (Wildman–Crippen MR) is 52.2 cm³/mol. The van der Waals surface area contributed by atoms with Crippen LogP contribution >= 0.6 is 0 Å². The van der Waals surface area contributed by atoms with E-state index in [4.69, 9.17) is 16.4 Å². The van der Waals surface area contributed by atoms with Gasteiger partial charge in [-0.3, -0.25) is 0 Å². The summed E-state index contributed by atoms with van der Waals surface area (Å²) in [6.45, 7) is 10.8. The lowest BCUT2D eigenvalue weighted by atomic mass is 10.0. The molecule has 1 heterocycles. The molecule has 1 fully saturated rings. The maximum Gasteiger partial charge on any atom is 0.158 e. The fraction of sp³-hybridized carbons (Fsp3) is 0.909. The molecule has 1 aliphatic heterocycles. The van der Waals surface area contributed by atoms with E-state index in [9.17, 15) is 0 Å². The average Bonchev–Trinajstić information content (AvgIpc) is 2.62. The van der Waals surface area contributed by atoms with Gasteiger partial charge >= 0.3 is 0 Å². The van der Waals surface area contributed by atoms with Crippen LogP contribution in [0.2, 0.25) is 0 Å². The van der Waals surface area contributed by atoms with Crippen molar-refractivity contribution in [3.8, 4) is 0 Å². The van der Waals surface area contributed by atoms with Crippen LogP contribution in [0.1, 0.15) is 39.5 Å². The number of ether oxygens (including phenoxy) is 2. The van der Waals surface area contributed by atoms with Gasteiger partial charge in [-0.05, 0) is 25.7 Å². The summed E-state index contributed by atoms with van der Waals surface area (Å²) in [5.41, 5.74) is 0. The molecule has 3 atom stereocenters. The summed E-state index contributed by atoms with van der Waals surface area (Å²) >= 11 is 0. The third-order valence-electron chi connectivity index (χ3n) is 2.52. The van der Waals surface area contributed by atoms with E-state index < -0.39 is 0 Å². The summed E-state index contributed by atoms with van der Waals surface area (Å²) in [6.07, 6.45) is 4.43. The molecule has 3 unspecified atom stereocenters. The minimum absolute atomic E-state index is 0.00236. The summed E-state index contributed by atoms with van der Waals surface area (Å²) < 4.78 is 11.2. The maximum absolute atomic E-state index is 5.86. The molecule has 76 valence electrons. The fourth-order valence-corrected chi connectivity index (χ4v) is 1.49. The quantitative estimate of drug-likeness (QED) is 0.654. The van der Waals surface area contributed by atoms with Gasteiger partial charge in [-0.25, -0.2) is 0 Å². The van der Waals surface area contributed by atoms with Crippen molar-refractivity contribution in [1.29, 1.82) is 0 Å². The smallest absolute Gasteiger partial charge is 0.158 e. The predicted octanol–water partition coefficient (Wildman–Crippen LogP) is 2.66. The van der Waals surface area contributed by atoms with Gasteiger partial charge < -0.3 is 9.47 Å². The van der Waals surface area contributed by atoms with E-state index in [1.807, 2.05) is 0 Å². The van der Waals surface area contributed by atoms with Crippen LogP contribution in [0.25, 0.3) is 0 Å². The first-order chi connectivity index (χ1) is 6.27. The summed E-state index contributed by atoms with van der Waals surface area (Å²) in [5.74, 6) is 0.131. The second-order valence-electron chi connectivity index (χ2n) is 3.65. The first-order valence-corrected chi connectivity index (χ1v) is 5.30. The second-order valence-corrected chi connectivity index (χ2v) is 3.65. The van der Waals surface area contributed by atoms with Gasteiger partial charge in [0.25, 0.3) is 0 Å². The molecule has 0 spiro atoms. The molecule has 13 heavy (non-hydrogen) atoms. The minimum atomic E-state index is 0.00236. The van der Waals surface area contributed by atoms with Crippen molar-refractivity contribution in [3.63, 3.8) is 0 Å². The molecule has 2 heteroatoms. The molecule has 2 radical (unpaired) electrons. The zero-order valence-electron chi connectivity index (χ0n) is 8.66. The van der Waals surface area contributed by atoms with Crippen molar-refractivity contribution in [3.05, 3.63) is 6.92 Å². The largest absolute Gasteiger partial charge is 0.350 e. The van der Waals surface area contributed by atoms with Gasteiger partial charge in [0.15, 0.2) is 6.29 Å². The monoisotopic (exact) mass is 184 g/mol. The first-order valence-electron chi connectivity index (χ1n) is 5.30. The summed E-state index contributed by atoms with van der Waals surface area (Å²) in [4.78, 5) is 0. The lowest BCUT2D eigenvalue weighted by molar-refractivity contribution is -0.0691. The van der Waals surface area contributed by atoms with Crippen LogP contribution in [0, 0.1) is 12.8 Å². The maximum atomic E-state index is 5.86. The van der Waals surface area contributed by atoms with Crippen molar-refractivity contribution in [2.45, 2.75) is 51.9 Å². The highest BCUT2D eigenvalue weighted by Crippen LogP contribution is 2.23. The average molecular weight is 184 g/mol. The summed E-state index contributed by atoms with van der Waals surface area (Å²) in [7, 11) is 0. The normalized spacial score (nSPS) is 30.7. The van der Waals surface area contributed by atoms with E-state index in [1.165, 1.54) is 12.8 Å². The van der Waals surface area contributed by atoms with Crippen LogP contribution in [0.15, 0.2) is 0 Å². The molecular weight excluding hydrogens is 164 g/mol. The Hall–Kier alpha value is -0.0800. The Morgan fingerprint density at radius 3 is 2.85 bits per heavy atom. The zero-order chi connectivity index (χ0) is 9.68. The molecule has 1 rings (SSSR count). The highest BCUT2D eigenvalue weighted by molar-refractivity contribution is 4.75. The van der Waals surface area contributed by atoms with Crippen molar-refractivity contribution in [1.82, 2.24) is 0 Å². The van der Waals surface area contributed by atoms with Gasteiger partial charge in [-0.2, -0.15) is 0 Å². The van der Waals surface area contributed by atoms with Crippen LogP contribution in [0.4, 0.5) is 0 Å². The van der Waals surface area contributed by atoms with E-state index in [1.54, 1.807) is 0 Å². The Labute approximate surface area is 81.6 Å². The molecule has 1 aliphatic rings. The Morgan fingerprint density at radius 2 is 2.23 bits per heavy atom. The van der Waals surface area contributed by atoms with Crippen LogP contribution < -0.4 is 0 Å². The Kier molecular flexibility index (Phi) is 4.74. The van der Waals surface area contributed by atoms with Gasteiger partial charge in [0, 0.05) is 0 Å². The molecular formula is C11H20O2. The van der Waals surface area contributed by atoms with Crippen molar-refractivity contribution >= 4 is 0 Å². The highest BCUT2D eigenvalue weighted by atomic mass is 16.7. The second kappa shape index (κ2) is 5.61. The minimum Gasteiger partial charge on any atom is -0.350 e.